The summed E-state index contributed by atoms with van der Waals surface area (Å²) >= 11 is 0. The minimum Gasteiger partial charge on any atom is -0.508 e. The zero-order chi connectivity index (χ0) is 23.8. The van der Waals surface area contributed by atoms with E-state index >= 15 is 0 Å². The zero-order valence-corrected chi connectivity index (χ0v) is 18.9. The Bertz CT molecular complexity index is 974. The van der Waals surface area contributed by atoms with Crippen LogP contribution in [0.1, 0.15) is 42.9 Å². The van der Waals surface area contributed by atoms with Crippen LogP contribution in [0.15, 0.2) is 48.5 Å². The first-order valence-electron chi connectivity index (χ1n) is 11.4. The van der Waals surface area contributed by atoms with Crippen molar-refractivity contribution in [2.24, 2.45) is 5.92 Å². The smallest absolute Gasteiger partial charge is 0.329 e. The molecule has 1 aliphatic carbocycles. The average molecular weight is 454 g/mol. The number of benzene rings is 2. The number of esters is 1. The Balaban J connectivity index is 1.86. The van der Waals surface area contributed by atoms with Gasteiger partial charge in [-0.05, 0) is 54.5 Å². The summed E-state index contributed by atoms with van der Waals surface area (Å²) in [6.07, 6.45) is 3.30. The van der Waals surface area contributed by atoms with Gasteiger partial charge < -0.3 is 19.8 Å². The van der Waals surface area contributed by atoms with Gasteiger partial charge in [0.2, 0.25) is 5.91 Å². The summed E-state index contributed by atoms with van der Waals surface area (Å²) < 4.78 is 5.43. The van der Waals surface area contributed by atoms with Crippen molar-refractivity contribution in [3.63, 3.8) is 0 Å². The molecule has 0 saturated carbocycles. The van der Waals surface area contributed by atoms with Gasteiger partial charge in [-0.15, -0.1) is 0 Å². The molecular weight excluding hydrogens is 422 g/mol. The lowest BCUT2D eigenvalue weighted by Gasteiger charge is -2.34. The molecule has 2 N–H and O–H groups in total. The second-order valence-corrected chi connectivity index (χ2v) is 8.48. The Morgan fingerprint density at radius 1 is 1.12 bits per heavy atom. The molecule has 0 aromatic heterocycles. The molecule has 1 unspecified atom stereocenters. The monoisotopic (exact) mass is 453 g/mol. The number of fused-ring (bicyclic) bond motifs is 1. The van der Waals surface area contributed by atoms with E-state index in [-0.39, 0.29) is 24.7 Å². The Morgan fingerprint density at radius 3 is 2.58 bits per heavy atom. The number of aromatic hydroxyl groups is 1. The molecule has 1 aliphatic rings. The highest BCUT2D eigenvalue weighted by molar-refractivity contribution is 5.89. The molecule has 2 aromatic carbocycles. The molecule has 176 valence electrons. The largest absolute Gasteiger partial charge is 0.508 e. The number of unbranched alkanes of at least 4 members (excludes halogenated alkanes) is 1. The lowest BCUT2D eigenvalue weighted by Crippen LogP contribution is -2.52. The molecule has 0 spiro atoms. The van der Waals surface area contributed by atoms with E-state index in [2.05, 4.69) is 0 Å². The van der Waals surface area contributed by atoms with Crippen LogP contribution in [0.5, 0.6) is 5.75 Å². The van der Waals surface area contributed by atoms with E-state index in [1.807, 2.05) is 37.3 Å². The number of carbonyl (C=O) groups is 3. The van der Waals surface area contributed by atoms with Crippen LogP contribution >= 0.6 is 0 Å². The maximum absolute atomic E-state index is 13.6. The van der Waals surface area contributed by atoms with Crippen molar-refractivity contribution < 1.29 is 29.3 Å². The van der Waals surface area contributed by atoms with Crippen molar-refractivity contribution in [3.8, 4) is 5.75 Å². The Morgan fingerprint density at radius 2 is 1.88 bits per heavy atom. The third-order valence-corrected chi connectivity index (χ3v) is 6.02. The van der Waals surface area contributed by atoms with E-state index in [9.17, 15) is 24.6 Å². The van der Waals surface area contributed by atoms with Gasteiger partial charge >= 0.3 is 11.9 Å². The van der Waals surface area contributed by atoms with Crippen LogP contribution in [0.4, 0.5) is 0 Å². The van der Waals surface area contributed by atoms with Crippen LogP contribution in [-0.4, -0.2) is 52.2 Å². The predicted molar refractivity (Wildman–Crippen MR) is 123 cm³/mol. The minimum absolute atomic E-state index is 0.183. The van der Waals surface area contributed by atoms with Gasteiger partial charge in [0.05, 0.1) is 6.61 Å². The first-order valence-corrected chi connectivity index (χ1v) is 11.4. The fraction of sp³-hybridized carbons (Fsp3) is 0.423. The second kappa shape index (κ2) is 11.5. The standard InChI is InChI=1S/C26H31NO6/c1-2-3-13-33-26(32)23(14-18-7-5-4-6-8-18)27(17-24(29)30)25(31)21-10-9-20-16-22(28)12-11-19(20)15-21/h4-8,11-12,16,21,23,28H,2-3,9-10,13-15,17H2,1H3,(H,29,30)/t21?,23-/m0/s1. The molecule has 2 aromatic rings. The number of aryl methyl sites for hydroxylation is 1. The van der Waals surface area contributed by atoms with Crippen molar-refractivity contribution in [2.75, 3.05) is 13.2 Å². The van der Waals surface area contributed by atoms with Crippen LogP contribution in [0, 0.1) is 5.92 Å². The average Bonchev–Trinajstić information content (AvgIpc) is 2.81. The van der Waals surface area contributed by atoms with E-state index in [0.717, 1.165) is 23.1 Å². The van der Waals surface area contributed by atoms with E-state index in [1.165, 1.54) is 4.90 Å². The number of carboxylic acids is 1. The molecule has 7 heteroatoms. The number of carboxylic acid groups (broad SMARTS) is 1. The number of nitrogens with zero attached hydrogens (tertiary/aromatic N) is 1. The van der Waals surface area contributed by atoms with Crippen LogP contribution < -0.4 is 0 Å². The predicted octanol–water partition coefficient (Wildman–Crippen LogP) is 3.36. The third-order valence-electron chi connectivity index (χ3n) is 6.02. The maximum Gasteiger partial charge on any atom is 0.329 e. The zero-order valence-electron chi connectivity index (χ0n) is 18.9. The summed E-state index contributed by atoms with van der Waals surface area (Å²) in [5.41, 5.74) is 2.77. The van der Waals surface area contributed by atoms with Crippen molar-refractivity contribution in [2.45, 2.75) is 51.5 Å². The van der Waals surface area contributed by atoms with E-state index in [1.54, 1.807) is 18.2 Å². The van der Waals surface area contributed by atoms with Gasteiger partial charge in [0, 0.05) is 12.3 Å². The highest BCUT2D eigenvalue weighted by atomic mass is 16.5. The molecule has 0 radical (unpaired) electrons. The fourth-order valence-electron chi connectivity index (χ4n) is 4.25. The topological polar surface area (TPSA) is 104 Å². The molecule has 0 aliphatic heterocycles. The quantitative estimate of drug-likeness (QED) is 0.422. The normalized spacial score (nSPS) is 15.8. The summed E-state index contributed by atoms with van der Waals surface area (Å²) in [5, 5.41) is 19.3. The van der Waals surface area contributed by atoms with Gasteiger partial charge in [0.25, 0.3) is 0 Å². The van der Waals surface area contributed by atoms with Crippen molar-refractivity contribution in [3.05, 3.63) is 65.2 Å². The Labute approximate surface area is 194 Å². The molecule has 0 heterocycles. The van der Waals surface area contributed by atoms with Gasteiger partial charge in [0.1, 0.15) is 18.3 Å². The lowest BCUT2D eigenvalue weighted by atomic mass is 9.82. The summed E-state index contributed by atoms with van der Waals surface area (Å²) in [5.74, 6) is -2.37. The first kappa shape index (κ1) is 24.3. The van der Waals surface area contributed by atoms with E-state index in [4.69, 9.17) is 4.74 Å². The molecule has 0 fully saturated rings. The van der Waals surface area contributed by atoms with Crippen molar-refractivity contribution in [1.82, 2.24) is 4.90 Å². The van der Waals surface area contributed by atoms with Crippen LogP contribution in [0.25, 0.3) is 0 Å². The Hall–Kier alpha value is -3.35. The number of hydrogen-bond acceptors (Lipinski definition) is 5. The summed E-state index contributed by atoms with van der Waals surface area (Å²) in [7, 11) is 0. The molecule has 1 amide bonds. The highest BCUT2D eigenvalue weighted by Gasteiger charge is 2.37. The SMILES string of the molecule is CCCCOC(=O)[C@H](Cc1ccccc1)N(CC(=O)O)C(=O)C1CCc2cc(O)ccc2C1. The molecular formula is C26H31NO6. The summed E-state index contributed by atoms with van der Waals surface area (Å²) in [6.45, 7) is 1.64. The van der Waals surface area contributed by atoms with Crippen molar-refractivity contribution in [1.29, 1.82) is 0 Å². The van der Waals surface area contributed by atoms with Crippen LogP contribution in [-0.2, 0) is 38.4 Å². The van der Waals surface area contributed by atoms with Gasteiger partial charge in [-0.1, -0.05) is 49.7 Å². The van der Waals surface area contributed by atoms with E-state index < -0.39 is 30.4 Å². The summed E-state index contributed by atoms with van der Waals surface area (Å²) in [4.78, 5) is 39.5. The van der Waals surface area contributed by atoms with Crippen molar-refractivity contribution >= 4 is 17.8 Å². The second-order valence-electron chi connectivity index (χ2n) is 8.48. The minimum atomic E-state index is -1.18. The van der Waals surface area contributed by atoms with Crippen LogP contribution in [0.2, 0.25) is 0 Å². The number of rotatable bonds is 10. The first-order chi connectivity index (χ1) is 15.9. The maximum atomic E-state index is 13.6. The van der Waals surface area contributed by atoms with Gasteiger partial charge in [-0.2, -0.15) is 0 Å². The van der Waals surface area contributed by atoms with Gasteiger partial charge in [-0.3, -0.25) is 9.59 Å². The van der Waals surface area contributed by atoms with E-state index in [0.29, 0.717) is 25.7 Å². The summed E-state index contributed by atoms with van der Waals surface area (Å²) in [6, 6.07) is 13.3. The third kappa shape index (κ3) is 6.57. The number of phenols is 1. The Kier molecular flexibility index (Phi) is 8.46. The number of carbonyl (C=O) groups excluding carboxylic acids is 2. The number of hydrogen-bond donors (Lipinski definition) is 2. The van der Waals surface area contributed by atoms with Crippen LogP contribution in [0.3, 0.4) is 0 Å². The molecule has 7 nitrogen and oxygen atoms in total. The molecule has 33 heavy (non-hydrogen) atoms. The number of phenolic OH excluding ortho intramolecular Hbond substituents is 1. The number of aliphatic carboxylic acids is 1. The number of amides is 1. The molecule has 2 atom stereocenters. The molecule has 0 saturated heterocycles. The molecule has 0 bridgehead atoms. The lowest BCUT2D eigenvalue weighted by molar-refractivity contribution is -0.159. The van der Waals surface area contributed by atoms with Gasteiger partial charge in [-0.25, -0.2) is 4.79 Å². The van der Waals surface area contributed by atoms with Gasteiger partial charge in [0.15, 0.2) is 0 Å². The molecule has 3 rings (SSSR count). The highest BCUT2D eigenvalue weighted by Crippen LogP contribution is 2.30. The fourth-order valence-corrected chi connectivity index (χ4v) is 4.25. The number of ether oxygens (including phenoxy) is 1.